The van der Waals surface area contributed by atoms with Crippen molar-refractivity contribution in [2.45, 2.75) is 13.8 Å². The number of rotatable bonds is 6. The van der Waals surface area contributed by atoms with Crippen molar-refractivity contribution in [3.8, 4) is 5.75 Å². The lowest BCUT2D eigenvalue weighted by molar-refractivity contribution is -0.385. The van der Waals surface area contributed by atoms with E-state index in [-0.39, 0.29) is 35.0 Å². The number of hydrogen-bond donors (Lipinski definition) is 1. The molecular weight excluding hydrogens is 330 g/mol. The molecule has 2 rings (SSSR count). The number of nitrogens with one attached hydrogen (secondary N) is 1. The van der Waals surface area contributed by atoms with Gasteiger partial charge >= 0.3 is 5.69 Å². The molecule has 0 unspecified atom stereocenters. The molecule has 0 heterocycles. The number of hydrogen-bond acceptors (Lipinski definition) is 6. The van der Waals surface area contributed by atoms with Gasteiger partial charge in [0.1, 0.15) is 0 Å². The van der Waals surface area contributed by atoms with Crippen LogP contribution < -0.4 is 10.1 Å². The first-order valence-electron chi connectivity index (χ1n) is 7.31. The Balaban J connectivity index is 2.29. The maximum Gasteiger partial charge on any atom is 0.311 e. The second kappa shape index (κ2) is 7.39. The van der Waals surface area contributed by atoms with Gasteiger partial charge in [0.05, 0.1) is 16.5 Å². The van der Waals surface area contributed by atoms with Gasteiger partial charge in [0.25, 0.3) is 11.6 Å². The third-order valence-corrected chi connectivity index (χ3v) is 3.38. The topological polar surface area (TPSA) is 125 Å². The van der Waals surface area contributed by atoms with Gasteiger partial charge in [0.2, 0.25) is 0 Å². The van der Waals surface area contributed by atoms with E-state index >= 15 is 0 Å². The van der Waals surface area contributed by atoms with E-state index in [0.29, 0.717) is 5.56 Å². The molecule has 9 nitrogen and oxygen atoms in total. The van der Waals surface area contributed by atoms with Gasteiger partial charge in [-0.05, 0) is 32.0 Å². The fraction of sp³-hybridized carbons (Fsp3) is 0.188. The van der Waals surface area contributed by atoms with Gasteiger partial charge in [-0.2, -0.15) is 0 Å². The third-order valence-electron chi connectivity index (χ3n) is 3.38. The van der Waals surface area contributed by atoms with Gasteiger partial charge in [0, 0.05) is 28.9 Å². The van der Waals surface area contributed by atoms with Crippen molar-refractivity contribution in [1.29, 1.82) is 0 Å². The Morgan fingerprint density at radius 3 is 2.36 bits per heavy atom. The van der Waals surface area contributed by atoms with E-state index in [1.165, 1.54) is 30.3 Å². The predicted molar refractivity (Wildman–Crippen MR) is 90.1 cm³/mol. The fourth-order valence-corrected chi connectivity index (χ4v) is 2.17. The highest BCUT2D eigenvalue weighted by Gasteiger charge is 2.19. The standard InChI is InChI=1S/C16H15N3O6/c1-3-25-15-7-5-11(8-14(15)19(23)24)16(20)17-12-6-4-10(2)13(9-12)18(21)22/h4-9H,3H2,1-2H3,(H,17,20). The van der Waals surface area contributed by atoms with E-state index in [1.807, 2.05) is 0 Å². The smallest absolute Gasteiger partial charge is 0.311 e. The molecule has 0 atom stereocenters. The molecule has 2 aromatic rings. The summed E-state index contributed by atoms with van der Waals surface area (Å²) in [7, 11) is 0. The first-order chi connectivity index (χ1) is 11.8. The van der Waals surface area contributed by atoms with Crippen molar-refractivity contribution in [2.24, 2.45) is 0 Å². The van der Waals surface area contributed by atoms with Crippen LogP contribution in [0.1, 0.15) is 22.8 Å². The number of nitro benzene ring substituents is 2. The van der Waals surface area contributed by atoms with Gasteiger partial charge in [-0.3, -0.25) is 25.0 Å². The van der Waals surface area contributed by atoms with Crippen LogP contribution in [0.3, 0.4) is 0 Å². The Hall–Kier alpha value is -3.49. The maximum absolute atomic E-state index is 12.3. The molecular formula is C16H15N3O6. The highest BCUT2D eigenvalue weighted by atomic mass is 16.6. The van der Waals surface area contributed by atoms with Crippen molar-refractivity contribution >= 4 is 23.0 Å². The summed E-state index contributed by atoms with van der Waals surface area (Å²) in [5, 5.41) is 24.5. The maximum atomic E-state index is 12.3. The zero-order valence-corrected chi connectivity index (χ0v) is 13.5. The molecule has 0 fully saturated rings. The van der Waals surface area contributed by atoms with Gasteiger partial charge in [-0.25, -0.2) is 0 Å². The minimum absolute atomic E-state index is 0.0402. The minimum atomic E-state index is -0.640. The van der Waals surface area contributed by atoms with E-state index in [1.54, 1.807) is 13.8 Å². The first-order valence-corrected chi connectivity index (χ1v) is 7.31. The van der Waals surface area contributed by atoms with Crippen molar-refractivity contribution in [3.63, 3.8) is 0 Å². The fourth-order valence-electron chi connectivity index (χ4n) is 2.17. The lowest BCUT2D eigenvalue weighted by Crippen LogP contribution is -2.12. The Morgan fingerprint density at radius 2 is 1.76 bits per heavy atom. The summed E-state index contributed by atoms with van der Waals surface area (Å²) in [6.07, 6.45) is 0. The summed E-state index contributed by atoms with van der Waals surface area (Å²) < 4.78 is 5.16. The number of carbonyl (C=O) groups is 1. The van der Waals surface area contributed by atoms with Gasteiger partial charge in [-0.15, -0.1) is 0 Å². The Morgan fingerprint density at radius 1 is 1.08 bits per heavy atom. The highest BCUT2D eigenvalue weighted by Crippen LogP contribution is 2.29. The number of nitrogens with zero attached hydrogens (tertiary/aromatic N) is 2. The minimum Gasteiger partial charge on any atom is -0.487 e. The second-order valence-electron chi connectivity index (χ2n) is 5.09. The van der Waals surface area contributed by atoms with Crippen molar-refractivity contribution in [1.82, 2.24) is 0 Å². The molecule has 130 valence electrons. The van der Waals surface area contributed by atoms with Crippen LogP contribution >= 0.6 is 0 Å². The van der Waals surface area contributed by atoms with E-state index in [4.69, 9.17) is 4.74 Å². The number of ether oxygens (including phenoxy) is 1. The summed E-state index contributed by atoms with van der Waals surface area (Å²) in [5.41, 5.74) is 0.261. The van der Waals surface area contributed by atoms with Gasteiger partial charge in [0.15, 0.2) is 5.75 Å². The third kappa shape index (κ3) is 4.08. The van der Waals surface area contributed by atoms with Crippen LogP contribution in [0.15, 0.2) is 36.4 Å². The Kier molecular flexibility index (Phi) is 5.28. The van der Waals surface area contributed by atoms with E-state index in [2.05, 4.69) is 5.32 Å². The number of nitro groups is 2. The number of amides is 1. The molecule has 0 saturated carbocycles. The molecule has 25 heavy (non-hydrogen) atoms. The van der Waals surface area contributed by atoms with E-state index in [0.717, 1.165) is 6.07 Å². The van der Waals surface area contributed by atoms with Crippen LogP contribution in [-0.4, -0.2) is 22.4 Å². The van der Waals surface area contributed by atoms with E-state index < -0.39 is 15.8 Å². The monoisotopic (exact) mass is 345 g/mol. The van der Waals surface area contributed by atoms with Crippen LogP contribution in [0, 0.1) is 27.2 Å². The second-order valence-corrected chi connectivity index (χ2v) is 5.09. The summed E-state index contributed by atoms with van der Waals surface area (Å²) in [6.45, 7) is 3.52. The molecule has 0 spiro atoms. The number of benzene rings is 2. The lowest BCUT2D eigenvalue weighted by Gasteiger charge is -2.08. The van der Waals surface area contributed by atoms with Gasteiger partial charge < -0.3 is 10.1 Å². The molecule has 0 aliphatic carbocycles. The van der Waals surface area contributed by atoms with Crippen molar-refractivity contribution < 1.29 is 19.4 Å². The first kappa shape index (κ1) is 17.9. The largest absolute Gasteiger partial charge is 0.487 e. The van der Waals surface area contributed by atoms with Crippen LogP contribution in [0.2, 0.25) is 0 Å². The molecule has 0 aliphatic heterocycles. The Bertz CT molecular complexity index is 850. The molecule has 0 bridgehead atoms. The van der Waals surface area contributed by atoms with Crippen LogP contribution in [0.25, 0.3) is 0 Å². The summed E-state index contributed by atoms with van der Waals surface area (Å²) in [5.74, 6) is -0.556. The predicted octanol–water partition coefficient (Wildman–Crippen LogP) is 3.46. The number of anilines is 1. The van der Waals surface area contributed by atoms with Crippen LogP contribution in [-0.2, 0) is 0 Å². The number of aryl methyl sites for hydroxylation is 1. The quantitative estimate of drug-likeness (QED) is 0.631. The average Bonchev–Trinajstić information content (AvgIpc) is 2.56. The molecule has 0 saturated heterocycles. The van der Waals surface area contributed by atoms with Crippen molar-refractivity contribution in [2.75, 3.05) is 11.9 Å². The molecule has 0 aliphatic rings. The lowest BCUT2D eigenvalue weighted by atomic mass is 10.1. The van der Waals surface area contributed by atoms with Crippen LogP contribution in [0.4, 0.5) is 17.1 Å². The SMILES string of the molecule is CCOc1ccc(C(=O)Nc2ccc(C)c([N+](=O)[O-])c2)cc1[N+](=O)[O-]. The zero-order valence-electron chi connectivity index (χ0n) is 13.5. The molecule has 1 amide bonds. The van der Waals surface area contributed by atoms with Gasteiger partial charge in [-0.1, -0.05) is 6.07 Å². The molecule has 0 aromatic heterocycles. The van der Waals surface area contributed by atoms with E-state index in [9.17, 15) is 25.0 Å². The molecule has 1 N–H and O–H groups in total. The highest BCUT2D eigenvalue weighted by molar-refractivity contribution is 6.05. The van der Waals surface area contributed by atoms with Crippen LogP contribution in [0.5, 0.6) is 5.75 Å². The molecule has 9 heteroatoms. The molecule has 0 radical (unpaired) electrons. The summed E-state index contributed by atoms with van der Waals surface area (Å²) >= 11 is 0. The average molecular weight is 345 g/mol. The summed E-state index contributed by atoms with van der Waals surface area (Å²) in [6, 6.07) is 8.08. The normalized spacial score (nSPS) is 10.2. The molecule has 2 aromatic carbocycles. The van der Waals surface area contributed by atoms with Crippen molar-refractivity contribution in [3.05, 3.63) is 67.8 Å². The number of carbonyl (C=O) groups excluding carboxylic acids is 1. The summed E-state index contributed by atoms with van der Waals surface area (Å²) in [4.78, 5) is 33.1. The zero-order chi connectivity index (χ0) is 18.6. The Labute approximate surface area is 142 Å².